The molecule has 0 spiro atoms. The van der Waals surface area contributed by atoms with Gasteiger partial charge < -0.3 is 15.3 Å². The number of hydrogen-bond donors (Lipinski definition) is 3. The molecule has 0 bridgehead atoms. The second-order valence-corrected chi connectivity index (χ2v) is 9.67. The highest BCUT2D eigenvalue weighted by Crippen LogP contribution is 2.52. The van der Waals surface area contributed by atoms with Gasteiger partial charge in [-0.1, -0.05) is 45.9 Å². The molecule has 0 radical (unpaired) electrons. The van der Waals surface area contributed by atoms with Crippen LogP contribution in [-0.4, -0.2) is 33.5 Å². The van der Waals surface area contributed by atoms with Crippen LogP contribution in [0.25, 0.3) is 5.57 Å². The van der Waals surface area contributed by atoms with Gasteiger partial charge in [0.15, 0.2) is 0 Å². The van der Waals surface area contributed by atoms with Crippen molar-refractivity contribution in [3.05, 3.63) is 52.9 Å². The molecule has 0 aliphatic heterocycles. The van der Waals surface area contributed by atoms with E-state index in [0.29, 0.717) is 5.56 Å². The summed E-state index contributed by atoms with van der Waals surface area (Å²) in [7, 11) is 0. The number of hydrogen-bond acceptors (Lipinski definition) is 3. The molecule has 3 N–H and O–H groups in total. The third kappa shape index (κ3) is 6.25. The fourth-order valence-corrected chi connectivity index (χ4v) is 4.60. The molecule has 160 valence electrons. The number of carbonyl (C=O) groups is 1. The molecule has 4 nitrogen and oxygen atoms in total. The Bertz CT molecular complexity index is 820. The van der Waals surface area contributed by atoms with Crippen LogP contribution in [-0.2, 0) is 4.79 Å². The average Bonchev–Trinajstić information content (AvgIpc) is 2.53. The number of aryl methyl sites for hydroxylation is 1. The molecule has 1 aliphatic carbocycles. The zero-order valence-electron chi connectivity index (χ0n) is 18.0. The van der Waals surface area contributed by atoms with E-state index in [1.54, 1.807) is 19.1 Å². The molecular weight excluding hydrogens is 371 g/mol. The zero-order valence-corrected chi connectivity index (χ0v) is 18.0. The zero-order chi connectivity index (χ0) is 22.0. The summed E-state index contributed by atoms with van der Waals surface area (Å²) in [6.07, 6.45) is 2.83. The van der Waals surface area contributed by atoms with E-state index < -0.39 is 24.6 Å². The van der Waals surface area contributed by atoms with Crippen molar-refractivity contribution in [1.82, 2.24) is 0 Å². The lowest BCUT2D eigenvalue weighted by molar-refractivity contribution is -0.139. The second kappa shape index (κ2) is 8.80. The standard InChI is InChI=1S/C24H33FO4/c1-15-10-16(6-9-21(15)25)19-13-23(2,3)14-24(4,5)20(19)8-7-17(26)11-18(27)12-22(28)29/h6-10,17-18,26-27H,11-14H2,1-5H3,(H,28,29)/b8-7+. The second-order valence-electron chi connectivity index (χ2n) is 9.67. The third-order valence-electron chi connectivity index (χ3n) is 5.55. The first kappa shape index (κ1) is 23.3. The quantitative estimate of drug-likeness (QED) is 0.605. The molecule has 5 heteroatoms. The van der Waals surface area contributed by atoms with E-state index in [-0.39, 0.29) is 23.1 Å². The van der Waals surface area contributed by atoms with Crippen molar-refractivity contribution in [1.29, 1.82) is 0 Å². The van der Waals surface area contributed by atoms with E-state index in [4.69, 9.17) is 5.11 Å². The number of aliphatic hydroxyl groups excluding tert-OH is 2. The summed E-state index contributed by atoms with van der Waals surface area (Å²) in [5, 5.41) is 28.8. The molecule has 1 aromatic carbocycles. The van der Waals surface area contributed by atoms with E-state index in [1.807, 2.05) is 12.1 Å². The average molecular weight is 405 g/mol. The van der Waals surface area contributed by atoms with E-state index >= 15 is 0 Å². The molecule has 0 saturated carbocycles. The van der Waals surface area contributed by atoms with Gasteiger partial charge >= 0.3 is 5.97 Å². The summed E-state index contributed by atoms with van der Waals surface area (Å²) in [6, 6.07) is 5.16. The Morgan fingerprint density at radius 1 is 1.24 bits per heavy atom. The monoisotopic (exact) mass is 404 g/mol. The molecule has 1 aromatic rings. The molecule has 0 fully saturated rings. The SMILES string of the molecule is Cc1cc(C2=C(/C=C/C(O)CC(O)CC(=O)O)C(C)(C)CC(C)(C)C2)ccc1F. The summed E-state index contributed by atoms with van der Waals surface area (Å²) in [4.78, 5) is 10.7. The predicted octanol–water partition coefficient (Wildman–Crippen LogP) is 4.88. The number of benzene rings is 1. The van der Waals surface area contributed by atoms with Gasteiger partial charge in [0.1, 0.15) is 5.82 Å². The van der Waals surface area contributed by atoms with Gasteiger partial charge in [0.2, 0.25) is 0 Å². The smallest absolute Gasteiger partial charge is 0.305 e. The Morgan fingerprint density at radius 2 is 1.90 bits per heavy atom. The minimum absolute atomic E-state index is 0.0347. The van der Waals surface area contributed by atoms with Crippen molar-refractivity contribution in [2.24, 2.45) is 10.8 Å². The maximum atomic E-state index is 13.8. The molecule has 2 unspecified atom stereocenters. The Labute approximate surface area is 172 Å². The van der Waals surface area contributed by atoms with Crippen molar-refractivity contribution in [2.45, 2.75) is 72.5 Å². The van der Waals surface area contributed by atoms with Gasteiger partial charge in [-0.05, 0) is 65.0 Å². The van der Waals surface area contributed by atoms with Crippen LogP contribution in [0.1, 0.15) is 64.5 Å². The summed E-state index contributed by atoms with van der Waals surface area (Å²) in [5.41, 5.74) is 3.70. The summed E-state index contributed by atoms with van der Waals surface area (Å²) in [6.45, 7) is 10.5. The molecule has 0 amide bonds. The van der Waals surface area contributed by atoms with E-state index in [9.17, 15) is 19.4 Å². The van der Waals surface area contributed by atoms with Crippen LogP contribution in [0.3, 0.4) is 0 Å². The summed E-state index contributed by atoms with van der Waals surface area (Å²) in [5.74, 6) is -1.33. The lowest BCUT2D eigenvalue weighted by Gasteiger charge is -2.43. The molecule has 2 atom stereocenters. The van der Waals surface area contributed by atoms with Gasteiger partial charge in [0.25, 0.3) is 0 Å². The number of allylic oxidation sites excluding steroid dienone is 3. The molecule has 0 heterocycles. The fourth-order valence-electron chi connectivity index (χ4n) is 4.60. The lowest BCUT2D eigenvalue weighted by atomic mass is 9.61. The molecule has 29 heavy (non-hydrogen) atoms. The van der Waals surface area contributed by atoms with E-state index in [1.165, 1.54) is 6.07 Å². The molecule has 0 saturated heterocycles. The third-order valence-corrected chi connectivity index (χ3v) is 5.55. The van der Waals surface area contributed by atoms with Crippen LogP contribution < -0.4 is 0 Å². The highest BCUT2D eigenvalue weighted by molar-refractivity contribution is 5.74. The first-order chi connectivity index (χ1) is 13.3. The van der Waals surface area contributed by atoms with Crippen LogP contribution >= 0.6 is 0 Å². The van der Waals surface area contributed by atoms with Crippen LogP contribution in [0.4, 0.5) is 4.39 Å². The first-order valence-corrected chi connectivity index (χ1v) is 10.1. The van der Waals surface area contributed by atoms with Crippen molar-refractivity contribution in [2.75, 3.05) is 0 Å². The molecule has 2 rings (SSSR count). The number of carboxylic acids is 1. The van der Waals surface area contributed by atoms with Crippen molar-refractivity contribution in [3.63, 3.8) is 0 Å². The largest absolute Gasteiger partial charge is 0.481 e. The van der Waals surface area contributed by atoms with Crippen LogP contribution in [0.15, 0.2) is 35.9 Å². The van der Waals surface area contributed by atoms with Gasteiger partial charge in [0, 0.05) is 6.42 Å². The fraction of sp³-hybridized carbons (Fsp3) is 0.542. The van der Waals surface area contributed by atoms with Gasteiger partial charge in [0.05, 0.1) is 18.6 Å². The van der Waals surface area contributed by atoms with Crippen LogP contribution in [0.2, 0.25) is 0 Å². The lowest BCUT2D eigenvalue weighted by Crippen LogP contribution is -2.30. The Morgan fingerprint density at radius 3 is 2.48 bits per heavy atom. The topological polar surface area (TPSA) is 77.8 Å². The first-order valence-electron chi connectivity index (χ1n) is 10.1. The maximum Gasteiger partial charge on any atom is 0.305 e. The minimum Gasteiger partial charge on any atom is -0.481 e. The number of halogens is 1. The Kier molecular flexibility index (Phi) is 7.07. The van der Waals surface area contributed by atoms with Crippen molar-refractivity contribution in [3.8, 4) is 0 Å². The maximum absolute atomic E-state index is 13.8. The molecule has 0 aromatic heterocycles. The Balaban J connectivity index is 2.41. The number of carboxylic acid groups (broad SMARTS) is 1. The number of rotatable bonds is 7. The number of aliphatic carboxylic acids is 1. The van der Waals surface area contributed by atoms with Gasteiger partial charge in [-0.15, -0.1) is 0 Å². The highest BCUT2D eigenvalue weighted by atomic mass is 19.1. The Hall–Kier alpha value is -1.98. The van der Waals surface area contributed by atoms with Crippen LogP contribution in [0, 0.1) is 23.6 Å². The predicted molar refractivity (Wildman–Crippen MR) is 113 cm³/mol. The molecule has 1 aliphatic rings. The van der Waals surface area contributed by atoms with E-state index in [0.717, 1.165) is 29.6 Å². The molecular formula is C24H33FO4. The van der Waals surface area contributed by atoms with Gasteiger partial charge in [-0.3, -0.25) is 4.79 Å². The van der Waals surface area contributed by atoms with Gasteiger partial charge in [-0.2, -0.15) is 0 Å². The highest BCUT2D eigenvalue weighted by Gasteiger charge is 2.38. The summed E-state index contributed by atoms with van der Waals surface area (Å²) >= 11 is 0. The summed E-state index contributed by atoms with van der Waals surface area (Å²) < 4.78 is 13.8. The van der Waals surface area contributed by atoms with Gasteiger partial charge in [-0.25, -0.2) is 4.39 Å². The van der Waals surface area contributed by atoms with E-state index in [2.05, 4.69) is 27.7 Å². The van der Waals surface area contributed by atoms with Crippen molar-refractivity contribution < 1.29 is 24.5 Å². The number of aliphatic hydroxyl groups is 2. The van der Waals surface area contributed by atoms with Crippen molar-refractivity contribution >= 4 is 11.5 Å². The minimum atomic E-state index is -1.10. The van der Waals surface area contributed by atoms with Crippen LogP contribution in [0.5, 0.6) is 0 Å². The normalized spacial score (nSPS) is 20.7.